The molecule has 0 saturated carbocycles. The fourth-order valence-corrected chi connectivity index (χ4v) is 2.48. The molecule has 2 heterocycles. The Morgan fingerprint density at radius 2 is 1.95 bits per heavy atom. The summed E-state index contributed by atoms with van der Waals surface area (Å²) >= 11 is 0. The van der Waals surface area contributed by atoms with Crippen molar-refractivity contribution in [3.8, 4) is 0 Å². The van der Waals surface area contributed by atoms with Gasteiger partial charge < -0.3 is 14.9 Å². The minimum atomic E-state index is -4.69. The maximum Gasteiger partial charge on any atom is 0.451 e. The summed E-state index contributed by atoms with van der Waals surface area (Å²) in [4.78, 5) is 14.8. The topological polar surface area (TPSA) is 67.6 Å². The summed E-state index contributed by atoms with van der Waals surface area (Å²) in [7, 11) is 0. The van der Waals surface area contributed by atoms with Gasteiger partial charge in [0, 0.05) is 0 Å². The lowest BCUT2D eigenvalue weighted by molar-refractivity contribution is -0.147. The van der Waals surface area contributed by atoms with E-state index in [1.807, 2.05) is 0 Å². The van der Waals surface area contributed by atoms with Crippen molar-refractivity contribution in [3.05, 3.63) is 29.6 Å². The summed E-state index contributed by atoms with van der Waals surface area (Å²) < 4.78 is 46.0. The first-order chi connectivity index (χ1) is 10.4. The van der Waals surface area contributed by atoms with Gasteiger partial charge in [0.25, 0.3) is 0 Å². The smallest absolute Gasteiger partial charge is 0.451 e. The molecule has 3 rings (SSSR count). The molecule has 1 fully saturated rings. The molecule has 1 saturated heterocycles. The lowest BCUT2D eigenvalue weighted by Gasteiger charge is -2.31. The van der Waals surface area contributed by atoms with Gasteiger partial charge in [0.1, 0.15) is 5.52 Å². The number of hydrogen-bond acceptors (Lipinski definition) is 4. The normalized spacial score (nSPS) is 16.2. The third-order valence-electron chi connectivity index (χ3n) is 3.42. The van der Waals surface area contributed by atoms with Gasteiger partial charge in [-0.2, -0.15) is 13.2 Å². The second kappa shape index (κ2) is 5.16. The number of fused-ring (bicyclic) bond motifs is 1. The van der Waals surface area contributed by atoms with E-state index < -0.39 is 18.0 Å². The number of carboxylic acids is 1. The highest BCUT2D eigenvalue weighted by Crippen LogP contribution is 2.32. The van der Waals surface area contributed by atoms with E-state index in [-0.39, 0.29) is 29.7 Å². The van der Waals surface area contributed by atoms with Gasteiger partial charge in [0.15, 0.2) is 0 Å². The molecule has 0 bridgehead atoms. The van der Waals surface area contributed by atoms with Crippen molar-refractivity contribution in [2.24, 2.45) is 0 Å². The summed E-state index contributed by atoms with van der Waals surface area (Å²) in [5, 5.41) is 10.6. The second-order valence-corrected chi connectivity index (χ2v) is 4.79. The molecule has 9 heteroatoms. The Labute approximate surface area is 122 Å². The molecule has 0 atom stereocenters. The first-order valence-electron chi connectivity index (χ1n) is 6.54. The van der Waals surface area contributed by atoms with Crippen molar-refractivity contribution < 1.29 is 27.8 Å². The molecule has 0 amide bonds. The maximum absolute atomic E-state index is 13.3. The number of morpholine rings is 1. The highest BCUT2D eigenvalue weighted by atomic mass is 19.4. The number of para-hydroxylation sites is 1. The van der Waals surface area contributed by atoms with Gasteiger partial charge in [-0.25, -0.2) is 14.5 Å². The Balaban J connectivity index is 2.27. The van der Waals surface area contributed by atoms with E-state index in [0.29, 0.717) is 13.2 Å². The van der Waals surface area contributed by atoms with Crippen LogP contribution in [0.1, 0.15) is 16.2 Å². The number of nitrogens with zero attached hydrogens (tertiary/aromatic N) is 3. The second-order valence-electron chi connectivity index (χ2n) is 4.79. The molecular weight excluding hydrogens is 303 g/mol. The van der Waals surface area contributed by atoms with Crippen molar-refractivity contribution in [1.29, 1.82) is 0 Å². The van der Waals surface area contributed by atoms with Crippen LogP contribution in [-0.4, -0.2) is 47.0 Å². The molecule has 1 N–H and O–H groups in total. The lowest BCUT2D eigenvalue weighted by atomic mass is 10.2. The number of rotatable bonds is 2. The van der Waals surface area contributed by atoms with Crippen LogP contribution < -0.4 is 5.01 Å². The number of aromatic nitrogens is 2. The minimum absolute atomic E-state index is 0.120. The minimum Gasteiger partial charge on any atom is -0.478 e. The van der Waals surface area contributed by atoms with Crippen molar-refractivity contribution in [2.75, 3.05) is 31.3 Å². The Hall–Kier alpha value is -2.29. The van der Waals surface area contributed by atoms with Gasteiger partial charge in [-0.05, 0) is 12.1 Å². The molecule has 1 aromatic heterocycles. The zero-order valence-electron chi connectivity index (χ0n) is 11.3. The largest absolute Gasteiger partial charge is 0.478 e. The molecule has 1 aliphatic rings. The number of hydrogen-bond donors (Lipinski definition) is 1. The molecule has 0 unspecified atom stereocenters. The van der Waals surface area contributed by atoms with E-state index in [0.717, 1.165) is 4.68 Å². The summed E-state index contributed by atoms with van der Waals surface area (Å²) in [6.45, 7) is 1.14. The van der Waals surface area contributed by atoms with Crippen LogP contribution >= 0.6 is 0 Å². The van der Waals surface area contributed by atoms with Crippen LogP contribution in [0.2, 0.25) is 0 Å². The van der Waals surface area contributed by atoms with E-state index in [1.54, 1.807) is 0 Å². The molecule has 1 aliphatic heterocycles. The van der Waals surface area contributed by atoms with E-state index in [4.69, 9.17) is 9.84 Å². The first-order valence-corrected chi connectivity index (χ1v) is 6.54. The fraction of sp³-hybridized carbons (Fsp3) is 0.385. The van der Waals surface area contributed by atoms with Gasteiger partial charge in [-0.1, -0.05) is 6.07 Å². The number of ether oxygens (including phenoxy) is 1. The quantitative estimate of drug-likeness (QED) is 0.914. The van der Waals surface area contributed by atoms with Gasteiger partial charge >= 0.3 is 12.1 Å². The average Bonchev–Trinajstić information content (AvgIpc) is 2.87. The van der Waals surface area contributed by atoms with Crippen LogP contribution in [-0.2, 0) is 10.9 Å². The maximum atomic E-state index is 13.3. The Kier molecular flexibility index (Phi) is 3.44. The Morgan fingerprint density at radius 1 is 1.27 bits per heavy atom. The summed E-state index contributed by atoms with van der Waals surface area (Å²) in [5.74, 6) is -2.44. The van der Waals surface area contributed by atoms with Crippen LogP contribution in [0.15, 0.2) is 18.2 Å². The van der Waals surface area contributed by atoms with Crippen molar-refractivity contribution in [1.82, 2.24) is 9.66 Å². The Morgan fingerprint density at radius 3 is 2.55 bits per heavy atom. The van der Waals surface area contributed by atoms with Crippen molar-refractivity contribution in [2.45, 2.75) is 6.18 Å². The van der Waals surface area contributed by atoms with Gasteiger partial charge in [-0.15, -0.1) is 0 Å². The zero-order chi connectivity index (χ0) is 15.9. The van der Waals surface area contributed by atoms with Crippen LogP contribution in [0, 0.1) is 0 Å². The van der Waals surface area contributed by atoms with Gasteiger partial charge in [0.05, 0.1) is 37.4 Å². The molecule has 22 heavy (non-hydrogen) atoms. The van der Waals surface area contributed by atoms with E-state index >= 15 is 0 Å². The predicted octanol–water partition coefficient (Wildman–Crippen LogP) is 1.72. The first kappa shape index (κ1) is 14.6. The molecule has 1 aromatic carbocycles. The van der Waals surface area contributed by atoms with Crippen LogP contribution in [0.4, 0.5) is 13.2 Å². The SMILES string of the molecule is O=C(O)c1cccc2c1nc(C(F)(F)F)n2N1CCOCC1. The summed E-state index contributed by atoms with van der Waals surface area (Å²) in [6, 6.07) is 4.07. The number of halogens is 3. The predicted molar refractivity (Wildman–Crippen MR) is 70.5 cm³/mol. The number of alkyl halides is 3. The van der Waals surface area contributed by atoms with Crippen molar-refractivity contribution >= 4 is 17.0 Å². The van der Waals surface area contributed by atoms with E-state index in [9.17, 15) is 18.0 Å². The highest BCUT2D eigenvalue weighted by molar-refractivity contribution is 6.01. The summed E-state index contributed by atoms with van der Waals surface area (Å²) in [6.07, 6.45) is -4.69. The monoisotopic (exact) mass is 315 g/mol. The molecule has 0 spiro atoms. The van der Waals surface area contributed by atoms with Crippen LogP contribution in [0.25, 0.3) is 11.0 Å². The van der Waals surface area contributed by atoms with Gasteiger partial charge in [0.2, 0.25) is 5.82 Å². The number of carboxylic acid groups (broad SMARTS) is 1. The number of benzene rings is 1. The van der Waals surface area contributed by atoms with Crippen molar-refractivity contribution in [3.63, 3.8) is 0 Å². The molecule has 6 nitrogen and oxygen atoms in total. The fourth-order valence-electron chi connectivity index (χ4n) is 2.48. The number of aromatic carboxylic acids is 1. The zero-order valence-corrected chi connectivity index (χ0v) is 11.3. The lowest BCUT2D eigenvalue weighted by Crippen LogP contribution is -2.45. The average molecular weight is 315 g/mol. The molecule has 2 aromatic rings. The van der Waals surface area contributed by atoms with E-state index in [1.165, 1.54) is 23.2 Å². The van der Waals surface area contributed by atoms with Crippen LogP contribution in [0.3, 0.4) is 0 Å². The standard InChI is InChI=1S/C13H12F3N3O3/c14-13(15,16)12-17-10-8(11(20)21)2-1-3-9(10)19(12)18-4-6-22-7-5-18/h1-3H,4-7H2,(H,20,21). The molecule has 118 valence electrons. The number of imidazole rings is 1. The van der Waals surface area contributed by atoms with Crippen LogP contribution in [0.5, 0.6) is 0 Å². The number of carbonyl (C=O) groups is 1. The van der Waals surface area contributed by atoms with E-state index in [2.05, 4.69) is 4.98 Å². The molecular formula is C13H12F3N3O3. The Bertz CT molecular complexity index is 720. The highest BCUT2D eigenvalue weighted by Gasteiger charge is 2.40. The molecule has 0 radical (unpaired) electrons. The van der Waals surface area contributed by atoms with Gasteiger partial charge in [-0.3, -0.25) is 0 Å². The molecule has 0 aliphatic carbocycles. The summed E-state index contributed by atoms with van der Waals surface area (Å²) in [5.41, 5.74) is -0.307. The third-order valence-corrected chi connectivity index (χ3v) is 3.42. The third kappa shape index (κ3) is 2.37.